The van der Waals surface area contributed by atoms with E-state index in [1.54, 1.807) is 6.07 Å². The highest BCUT2D eigenvalue weighted by atomic mass is 16.4. The normalized spacial score (nSPS) is 39.9. The quantitative estimate of drug-likeness (QED) is 0.474. The van der Waals surface area contributed by atoms with E-state index in [2.05, 4.69) is 15.3 Å². The van der Waals surface area contributed by atoms with Crippen molar-refractivity contribution >= 4 is 11.9 Å². The predicted octanol–water partition coefficient (Wildman–Crippen LogP) is 4.56. The van der Waals surface area contributed by atoms with Crippen molar-refractivity contribution in [2.45, 2.75) is 88.2 Å². The molecule has 9 heteroatoms. The predicted molar refractivity (Wildman–Crippen MR) is 134 cm³/mol. The summed E-state index contributed by atoms with van der Waals surface area (Å²) in [4.78, 5) is 21.0. The topological polar surface area (TPSA) is 141 Å². The number of H-pyrrole nitrogens is 1. The first kappa shape index (κ1) is 24.6. The molecule has 2 aromatic rings. The van der Waals surface area contributed by atoms with Crippen molar-refractivity contribution in [3.63, 3.8) is 0 Å². The number of nitrogens with one attached hydrogen (secondary N) is 1. The number of carbonyl (C=O) groups is 2. The zero-order valence-electron chi connectivity index (χ0n) is 21.3. The highest BCUT2D eigenvalue weighted by molar-refractivity contribution is 5.85. The Labute approximate surface area is 216 Å². The zero-order chi connectivity index (χ0) is 25.8. The van der Waals surface area contributed by atoms with Crippen molar-refractivity contribution in [3.05, 3.63) is 35.9 Å². The molecular weight excluding hydrogens is 472 g/mol. The molecule has 9 nitrogen and oxygen atoms in total. The first-order chi connectivity index (χ1) is 17.7. The lowest BCUT2D eigenvalue weighted by molar-refractivity contribution is -0.124. The van der Waals surface area contributed by atoms with E-state index in [4.69, 9.17) is 10.2 Å². The lowest BCUT2D eigenvalue weighted by Crippen LogP contribution is -2.52. The molecule has 200 valence electrons. The minimum atomic E-state index is -0.984. The maximum atomic E-state index is 11.0. The standard InChI is InChI=1S/C14H18N2O2.C10H16O.C4H4N2O2/c17-13(18)12-1-2-16(15-12)14-6-9-3-10(7-14)5-11(4-9)8-14;11-10-4-7-1-8(5-10)3-9(2-7)6-10;7-4(8)3-1-2-5-6-3/h1-2,9-11H,3-8H2,(H,17,18);7-9,11H,1-6H2;1-2H,(H,5,6)(H,7,8). The molecule has 8 saturated carbocycles. The van der Waals surface area contributed by atoms with Crippen molar-refractivity contribution in [1.82, 2.24) is 20.0 Å². The van der Waals surface area contributed by atoms with Crippen LogP contribution in [-0.4, -0.2) is 52.8 Å². The fourth-order valence-electron chi connectivity index (χ4n) is 9.49. The van der Waals surface area contributed by atoms with Crippen molar-refractivity contribution in [3.8, 4) is 0 Å². The van der Waals surface area contributed by atoms with Gasteiger partial charge in [-0.25, -0.2) is 9.59 Å². The molecule has 8 aliphatic carbocycles. The van der Waals surface area contributed by atoms with Crippen LogP contribution in [0.3, 0.4) is 0 Å². The van der Waals surface area contributed by atoms with E-state index in [9.17, 15) is 14.7 Å². The average molecular weight is 511 g/mol. The van der Waals surface area contributed by atoms with Gasteiger partial charge in [0.05, 0.1) is 11.1 Å². The second-order valence-electron chi connectivity index (χ2n) is 13.0. The van der Waals surface area contributed by atoms with Gasteiger partial charge in [0.25, 0.3) is 0 Å². The molecule has 8 aliphatic rings. The van der Waals surface area contributed by atoms with Gasteiger partial charge < -0.3 is 15.3 Å². The monoisotopic (exact) mass is 510 g/mol. The van der Waals surface area contributed by atoms with E-state index >= 15 is 0 Å². The van der Waals surface area contributed by atoms with E-state index in [0.29, 0.717) is 0 Å². The average Bonchev–Trinajstić information content (AvgIpc) is 3.51. The lowest BCUT2D eigenvalue weighted by atomic mass is 9.53. The van der Waals surface area contributed by atoms with Gasteiger partial charge in [0, 0.05) is 12.4 Å². The summed E-state index contributed by atoms with van der Waals surface area (Å²) < 4.78 is 1.99. The van der Waals surface area contributed by atoms with Crippen LogP contribution in [0.5, 0.6) is 0 Å². The first-order valence-corrected chi connectivity index (χ1v) is 13.9. The third-order valence-corrected chi connectivity index (χ3v) is 10.0. The number of nitrogens with zero attached hydrogens (tertiary/aromatic N) is 3. The number of rotatable bonds is 3. The zero-order valence-corrected chi connectivity index (χ0v) is 21.3. The molecule has 0 spiro atoms. The molecule has 37 heavy (non-hydrogen) atoms. The largest absolute Gasteiger partial charge is 0.477 e. The van der Waals surface area contributed by atoms with Gasteiger partial charge in [-0.1, -0.05) is 0 Å². The molecule has 0 aromatic carbocycles. The van der Waals surface area contributed by atoms with E-state index in [0.717, 1.165) is 54.8 Å². The maximum absolute atomic E-state index is 11.0. The summed E-state index contributed by atoms with van der Waals surface area (Å²) in [6, 6.07) is 3.03. The molecule has 0 aliphatic heterocycles. The Morgan fingerprint density at radius 1 is 0.784 bits per heavy atom. The van der Waals surface area contributed by atoms with E-state index in [-0.39, 0.29) is 22.5 Å². The van der Waals surface area contributed by atoms with Gasteiger partial charge in [0.2, 0.25) is 0 Å². The van der Waals surface area contributed by atoms with Crippen LogP contribution in [0.2, 0.25) is 0 Å². The van der Waals surface area contributed by atoms with Gasteiger partial charge >= 0.3 is 11.9 Å². The maximum Gasteiger partial charge on any atom is 0.356 e. The third kappa shape index (κ3) is 4.94. The molecule has 0 unspecified atom stereocenters. The minimum Gasteiger partial charge on any atom is -0.477 e. The molecule has 2 heterocycles. The van der Waals surface area contributed by atoms with Crippen LogP contribution in [0.1, 0.15) is 98.0 Å². The summed E-state index contributed by atoms with van der Waals surface area (Å²) in [6.07, 6.45) is 18.8. The fourth-order valence-corrected chi connectivity index (χ4v) is 9.49. The van der Waals surface area contributed by atoms with Crippen molar-refractivity contribution in [2.75, 3.05) is 0 Å². The number of hydrogen-bond acceptors (Lipinski definition) is 5. The first-order valence-electron chi connectivity index (χ1n) is 13.9. The second kappa shape index (κ2) is 9.26. The summed E-state index contributed by atoms with van der Waals surface area (Å²) >= 11 is 0. The van der Waals surface area contributed by atoms with Crippen LogP contribution in [0.25, 0.3) is 0 Å². The summed E-state index contributed by atoms with van der Waals surface area (Å²) in [5.41, 5.74) is 0.243. The molecule has 0 atom stereocenters. The summed E-state index contributed by atoms with van der Waals surface area (Å²) in [5.74, 6) is 3.35. The molecule has 0 amide bonds. The third-order valence-electron chi connectivity index (χ3n) is 10.0. The van der Waals surface area contributed by atoms with Gasteiger partial charge in [-0.05, 0) is 125 Å². The van der Waals surface area contributed by atoms with Gasteiger partial charge in [-0.15, -0.1) is 0 Å². The van der Waals surface area contributed by atoms with Crippen LogP contribution in [0.15, 0.2) is 24.5 Å². The Hall–Kier alpha value is -2.68. The Bertz CT molecular complexity index is 1070. The van der Waals surface area contributed by atoms with E-state index < -0.39 is 11.9 Å². The Morgan fingerprint density at radius 2 is 1.27 bits per heavy atom. The highest BCUT2D eigenvalue weighted by Crippen LogP contribution is 2.58. The van der Waals surface area contributed by atoms with E-state index in [1.165, 1.54) is 70.1 Å². The molecule has 10 rings (SSSR count). The molecule has 8 fully saturated rings. The Kier molecular flexibility index (Phi) is 6.17. The number of carboxylic acids is 2. The van der Waals surface area contributed by atoms with Crippen LogP contribution in [0, 0.1) is 35.5 Å². The number of aromatic nitrogens is 4. The van der Waals surface area contributed by atoms with Crippen molar-refractivity contribution in [1.29, 1.82) is 0 Å². The van der Waals surface area contributed by atoms with E-state index in [1.807, 2.05) is 10.9 Å². The summed E-state index contributed by atoms with van der Waals surface area (Å²) in [6.45, 7) is 0. The number of hydrogen-bond donors (Lipinski definition) is 4. The molecular formula is C28H38N4O5. The van der Waals surface area contributed by atoms with Crippen molar-refractivity contribution in [2.24, 2.45) is 35.5 Å². The minimum absolute atomic E-state index is 0.116. The van der Waals surface area contributed by atoms with Crippen LogP contribution in [-0.2, 0) is 5.54 Å². The number of aromatic carboxylic acids is 2. The lowest BCUT2D eigenvalue weighted by Gasteiger charge is -2.56. The Balaban J connectivity index is 0.000000113. The SMILES string of the molecule is O=C(O)c1ccn(C23CC4CC(CC(C4)C2)C3)n1.O=C(O)c1ccn[nH]1.OC12CC3CC(CC(C3)C1)C2. The van der Waals surface area contributed by atoms with Gasteiger partial charge in [-0.2, -0.15) is 10.2 Å². The molecule has 0 saturated heterocycles. The summed E-state index contributed by atoms with van der Waals surface area (Å²) in [7, 11) is 0. The Morgan fingerprint density at radius 3 is 1.59 bits per heavy atom. The number of aliphatic hydroxyl groups is 1. The second-order valence-corrected chi connectivity index (χ2v) is 13.0. The highest BCUT2D eigenvalue weighted by Gasteiger charge is 2.52. The number of aromatic amines is 1. The molecule has 4 N–H and O–H groups in total. The van der Waals surface area contributed by atoms with Crippen LogP contribution < -0.4 is 0 Å². The molecule has 0 radical (unpaired) electrons. The molecule has 8 bridgehead atoms. The molecule has 2 aromatic heterocycles. The smallest absolute Gasteiger partial charge is 0.356 e. The number of carboxylic acid groups (broad SMARTS) is 2. The van der Waals surface area contributed by atoms with Crippen LogP contribution in [0.4, 0.5) is 0 Å². The summed E-state index contributed by atoms with van der Waals surface area (Å²) in [5, 5.41) is 37.4. The van der Waals surface area contributed by atoms with Crippen molar-refractivity contribution < 1.29 is 24.9 Å². The van der Waals surface area contributed by atoms with Crippen LogP contribution >= 0.6 is 0 Å². The fraction of sp³-hybridized carbons (Fsp3) is 0.714. The van der Waals surface area contributed by atoms with Gasteiger partial charge in [0.1, 0.15) is 5.69 Å². The van der Waals surface area contributed by atoms with Gasteiger partial charge in [0.15, 0.2) is 5.69 Å². The van der Waals surface area contributed by atoms with Gasteiger partial charge in [-0.3, -0.25) is 9.78 Å².